The Kier molecular flexibility index (Phi) is 9.72. The molecule has 5 atom stereocenters. The number of nitrogens with zero attached hydrogens (tertiary/aromatic N) is 2. The number of morpholine rings is 1. The van der Waals surface area contributed by atoms with E-state index in [-0.39, 0.29) is 17.7 Å². The molecule has 2 aromatic rings. The van der Waals surface area contributed by atoms with Gasteiger partial charge in [0.15, 0.2) is 6.17 Å². The van der Waals surface area contributed by atoms with Gasteiger partial charge in [0.1, 0.15) is 18.3 Å². The Balaban J connectivity index is 1.39. The van der Waals surface area contributed by atoms with Gasteiger partial charge < -0.3 is 34.4 Å². The van der Waals surface area contributed by atoms with E-state index in [2.05, 4.69) is 10.2 Å². The lowest BCUT2D eigenvalue weighted by Crippen LogP contribution is -2.58. The first kappa shape index (κ1) is 28.4. The van der Waals surface area contributed by atoms with Crippen LogP contribution in [0.25, 0.3) is 0 Å². The Morgan fingerprint density at radius 3 is 2.53 bits per heavy atom. The number of aromatic amines is 1. The van der Waals surface area contributed by atoms with Gasteiger partial charge in [-0.2, -0.15) is 0 Å². The predicted octanol–water partition coefficient (Wildman–Crippen LogP) is 1.46. The van der Waals surface area contributed by atoms with Crippen molar-refractivity contribution < 1.29 is 38.7 Å². The second-order valence-electron chi connectivity index (χ2n) is 10.2. The Hall–Kier alpha value is -2.57. The Labute approximate surface area is 221 Å². The first-order chi connectivity index (χ1) is 18.3. The molecule has 2 fully saturated rings. The van der Waals surface area contributed by atoms with Crippen LogP contribution in [0.15, 0.2) is 24.3 Å². The standard InChI is InChI=1S/C27H38FN3O7/c1-16(2)23-19(26(30-29-23)38-27-25(35)24(34)22(28)20(15-32)37-27)14-18-8-6-17(7-9-18)4-3-5-21(33)31-10-12-36-13-11-31/h6-9,16,20,22,24-25,27,32,34-35H,3-5,10-15H2,1-2H3,(H,29,30). The number of carbonyl (C=O) groups excluding carboxylic acids is 1. The summed E-state index contributed by atoms with van der Waals surface area (Å²) in [5.41, 5.74) is 3.75. The third-order valence-electron chi connectivity index (χ3n) is 7.09. The van der Waals surface area contributed by atoms with Crippen molar-refractivity contribution in [1.29, 1.82) is 0 Å². The number of ether oxygens (including phenoxy) is 3. The summed E-state index contributed by atoms with van der Waals surface area (Å²) >= 11 is 0. The summed E-state index contributed by atoms with van der Waals surface area (Å²) in [5.74, 6) is 0.455. The molecule has 2 aliphatic rings. The van der Waals surface area contributed by atoms with Gasteiger partial charge in [-0.05, 0) is 29.9 Å². The number of alkyl halides is 1. The first-order valence-corrected chi connectivity index (χ1v) is 13.2. The third-order valence-corrected chi connectivity index (χ3v) is 7.09. The van der Waals surface area contributed by atoms with Gasteiger partial charge in [-0.3, -0.25) is 9.89 Å². The summed E-state index contributed by atoms with van der Waals surface area (Å²) in [6.07, 6.45) is -5.47. The molecule has 1 aromatic carbocycles. The highest BCUT2D eigenvalue weighted by Crippen LogP contribution is 2.31. The van der Waals surface area contributed by atoms with Crippen molar-refractivity contribution in [1.82, 2.24) is 15.1 Å². The fourth-order valence-corrected chi connectivity index (χ4v) is 4.80. The van der Waals surface area contributed by atoms with Gasteiger partial charge in [0, 0.05) is 37.2 Å². The molecule has 0 bridgehead atoms. The lowest BCUT2D eigenvalue weighted by molar-refractivity contribution is -0.265. The monoisotopic (exact) mass is 535 g/mol. The highest BCUT2D eigenvalue weighted by atomic mass is 19.1. The number of aliphatic hydroxyl groups excluding tert-OH is 3. The van der Waals surface area contributed by atoms with E-state index in [4.69, 9.17) is 14.2 Å². The maximum atomic E-state index is 14.1. The molecule has 0 radical (unpaired) electrons. The second-order valence-corrected chi connectivity index (χ2v) is 10.2. The minimum absolute atomic E-state index is 0.0985. The number of carbonyl (C=O) groups is 1. The highest BCUT2D eigenvalue weighted by molar-refractivity contribution is 5.76. The van der Waals surface area contributed by atoms with Crippen molar-refractivity contribution in [3.63, 3.8) is 0 Å². The summed E-state index contributed by atoms with van der Waals surface area (Å²) in [6, 6.07) is 8.13. The molecular formula is C27H38FN3O7. The van der Waals surface area contributed by atoms with E-state index in [1.165, 1.54) is 0 Å². The number of benzene rings is 1. The Bertz CT molecular complexity index is 1040. The third kappa shape index (κ3) is 6.70. The summed E-state index contributed by atoms with van der Waals surface area (Å²) in [6.45, 7) is 5.88. The average molecular weight is 536 g/mol. The van der Waals surface area contributed by atoms with E-state index >= 15 is 0 Å². The van der Waals surface area contributed by atoms with E-state index in [0.717, 1.165) is 35.2 Å². The quantitative estimate of drug-likeness (QED) is 0.359. The van der Waals surface area contributed by atoms with Crippen LogP contribution in [-0.2, 0) is 27.1 Å². The molecule has 1 aromatic heterocycles. The zero-order valence-electron chi connectivity index (χ0n) is 21.9. The lowest BCUT2D eigenvalue weighted by Gasteiger charge is -2.38. The topological polar surface area (TPSA) is 137 Å². The molecule has 4 N–H and O–H groups in total. The predicted molar refractivity (Wildman–Crippen MR) is 136 cm³/mol. The van der Waals surface area contributed by atoms with E-state index in [1.54, 1.807) is 0 Å². The number of aliphatic hydroxyl groups is 3. The van der Waals surface area contributed by atoms with Crippen LogP contribution in [0.2, 0.25) is 0 Å². The molecule has 1 amide bonds. The molecule has 2 saturated heterocycles. The zero-order chi connectivity index (χ0) is 27.2. The fraction of sp³-hybridized carbons (Fsp3) is 0.630. The molecule has 210 valence electrons. The van der Waals surface area contributed by atoms with Gasteiger partial charge in [-0.15, -0.1) is 5.10 Å². The van der Waals surface area contributed by atoms with Crippen LogP contribution in [0.5, 0.6) is 5.88 Å². The molecule has 38 heavy (non-hydrogen) atoms. The minimum atomic E-state index is -1.93. The minimum Gasteiger partial charge on any atom is -0.443 e. The highest BCUT2D eigenvalue weighted by Gasteiger charge is 2.46. The van der Waals surface area contributed by atoms with Gasteiger partial charge >= 0.3 is 0 Å². The van der Waals surface area contributed by atoms with E-state index in [0.29, 0.717) is 39.1 Å². The van der Waals surface area contributed by atoms with E-state index in [1.807, 2.05) is 43.0 Å². The Morgan fingerprint density at radius 2 is 1.87 bits per heavy atom. The number of hydrogen-bond acceptors (Lipinski definition) is 8. The summed E-state index contributed by atoms with van der Waals surface area (Å²) in [5, 5.41) is 36.9. The largest absolute Gasteiger partial charge is 0.443 e. The van der Waals surface area contributed by atoms with Crippen LogP contribution in [0, 0.1) is 0 Å². The van der Waals surface area contributed by atoms with E-state index < -0.39 is 37.4 Å². The molecule has 0 saturated carbocycles. The Morgan fingerprint density at radius 1 is 1.18 bits per heavy atom. The number of halogens is 1. The van der Waals surface area contributed by atoms with Crippen LogP contribution in [0.4, 0.5) is 4.39 Å². The van der Waals surface area contributed by atoms with Crippen molar-refractivity contribution in [2.24, 2.45) is 0 Å². The van der Waals surface area contributed by atoms with Crippen LogP contribution in [0.1, 0.15) is 55.0 Å². The van der Waals surface area contributed by atoms with Gasteiger partial charge in [-0.25, -0.2) is 4.39 Å². The molecule has 10 nitrogen and oxygen atoms in total. The van der Waals surface area contributed by atoms with Gasteiger partial charge in [-0.1, -0.05) is 38.1 Å². The molecule has 4 rings (SSSR count). The summed E-state index contributed by atoms with van der Waals surface area (Å²) < 4.78 is 30.6. The normalized spacial score (nSPS) is 26.1. The molecule has 0 aliphatic carbocycles. The molecule has 2 aliphatic heterocycles. The molecule has 11 heteroatoms. The van der Waals surface area contributed by atoms with Gasteiger partial charge in [0.25, 0.3) is 0 Å². The van der Waals surface area contributed by atoms with Crippen LogP contribution < -0.4 is 4.74 Å². The number of rotatable bonds is 10. The van der Waals surface area contributed by atoms with Crippen molar-refractivity contribution in [3.05, 3.63) is 46.6 Å². The SMILES string of the molecule is CC(C)c1[nH]nc(OC2OC(CO)C(F)C(O)C2O)c1Cc1ccc(CCCC(=O)N2CCOCC2)cc1. The summed E-state index contributed by atoms with van der Waals surface area (Å²) in [4.78, 5) is 14.2. The number of amides is 1. The molecule has 3 heterocycles. The van der Waals surface area contributed by atoms with Crippen molar-refractivity contribution >= 4 is 5.91 Å². The maximum absolute atomic E-state index is 14.1. The van der Waals surface area contributed by atoms with Crippen molar-refractivity contribution in [2.45, 2.75) is 76.2 Å². The summed E-state index contributed by atoms with van der Waals surface area (Å²) in [7, 11) is 0. The van der Waals surface area contributed by atoms with Crippen LogP contribution in [0.3, 0.4) is 0 Å². The maximum Gasteiger partial charge on any atom is 0.238 e. The smallest absolute Gasteiger partial charge is 0.238 e. The van der Waals surface area contributed by atoms with E-state index in [9.17, 15) is 24.5 Å². The average Bonchev–Trinajstić information content (AvgIpc) is 3.32. The van der Waals surface area contributed by atoms with Gasteiger partial charge in [0.2, 0.25) is 18.1 Å². The number of H-pyrrole nitrogens is 1. The number of nitrogens with one attached hydrogen (secondary N) is 1. The first-order valence-electron chi connectivity index (χ1n) is 13.2. The lowest BCUT2D eigenvalue weighted by atomic mass is 9.98. The van der Waals surface area contributed by atoms with Gasteiger partial charge in [0.05, 0.1) is 19.8 Å². The molecule has 0 spiro atoms. The van der Waals surface area contributed by atoms with Crippen molar-refractivity contribution in [3.8, 4) is 5.88 Å². The number of aromatic nitrogens is 2. The van der Waals surface area contributed by atoms with Crippen LogP contribution in [-0.4, -0.2) is 100 Å². The molecular weight excluding hydrogens is 497 g/mol. The van der Waals surface area contributed by atoms with Crippen molar-refractivity contribution in [2.75, 3.05) is 32.9 Å². The number of aryl methyl sites for hydroxylation is 1. The number of hydrogen-bond donors (Lipinski definition) is 4. The fourth-order valence-electron chi connectivity index (χ4n) is 4.80. The zero-order valence-corrected chi connectivity index (χ0v) is 21.9. The second kappa shape index (κ2) is 13.0. The molecule has 5 unspecified atom stereocenters. The van der Waals surface area contributed by atoms with Crippen LogP contribution >= 0.6 is 0 Å².